The summed E-state index contributed by atoms with van der Waals surface area (Å²) in [6, 6.07) is 4.12. The quantitative estimate of drug-likeness (QED) is 0.831. The van der Waals surface area contributed by atoms with Crippen molar-refractivity contribution in [2.75, 3.05) is 7.05 Å². The van der Waals surface area contributed by atoms with Crippen molar-refractivity contribution in [1.29, 1.82) is 0 Å². The first-order chi connectivity index (χ1) is 8.79. The fourth-order valence-corrected chi connectivity index (χ4v) is 2.54. The van der Waals surface area contributed by atoms with E-state index in [-0.39, 0.29) is 0 Å². The van der Waals surface area contributed by atoms with E-state index in [0.29, 0.717) is 6.10 Å². The number of aryl methyl sites for hydroxylation is 1. The predicted octanol–water partition coefficient (Wildman–Crippen LogP) is 3.21. The summed E-state index contributed by atoms with van der Waals surface area (Å²) in [6.07, 6.45) is 8.02. The Labute approximate surface area is 110 Å². The average Bonchev–Trinajstić information content (AvgIpc) is 2.61. The lowest BCUT2D eigenvalue weighted by Gasteiger charge is -2.17. The smallest absolute Gasteiger partial charge is 0.213 e. The van der Waals surface area contributed by atoms with Crippen LogP contribution in [0.5, 0.6) is 5.88 Å². The third-order valence-corrected chi connectivity index (χ3v) is 3.63. The molecule has 3 heteroatoms. The van der Waals surface area contributed by atoms with E-state index in [4.69, 9.17) is 4.74 Å². The van der Waals surface area contributed by atoms with Crippen molar-refractivity contribution < 1.29 is 4.74 Å². The third kappa shape index (κ3) is 3.70. The minimum absolute atomic E-state index is 0.370. The zero-order chi connectivity index (χ0) is 12.8. The highest BCUT2D eigenvalue weighted by molar-refractivity contribution is 5.25. The lowest BCUT2D eigenvalue weighted by Crippen LogP contribution is -2.16. The number of hydrogen-bond acceptors (Lipinski definition) is 3. The number of pyridine rings is 1. The van der Waals surface area contributed by atoms with Crippen molar-refractivity contribution in [3.8, 4) is 5.88 Å². The highest BCUT2D eigenvalue weighted by Crippen LogP contribution is 2.22. The van der Waals surface area contributed by atoms with Gasteiger partial charge in [0.05, 0.1) is 0 Å². The van der Waals surface area contributed by atoms with Crippen LogP contribution in [0.25, 0.3) is 0 Å². The second-order valence-corrected chi connectivity index (χ2v) is 5.16. The Morgan fingerprint density at radius 2 is 1.94 bits per heavy atom. The summed E-state index contributed by atoms with van der Waals surface area (Å²) in [6.45, 7) is 2.91. The van der Waals surface area contributed by atoms with Crippen LogP contribution in [-0.4, -0.2) is 18.1 Å². The molecular formula is C15H24N2O. The normalized spacial score (nSPS) is 17.4. The highest BCUT2D eigenvalue weighted by atomic mass is 16.5. The van der Waals surface area contributed by atoms with Crippen LogP contribution in [0.1, 0.15) is 49.8 Å². The molecule has 0 unspecified atom stereocenters. The number of nitrogens with zero attached hydrogens (tertiary/aromatic N) is 1. The second kappa shape index (κ2) is 6.74. The van der Waals surface area contributed by atoms with Gasteiger partial charge in [-0.3, -0.25) is 0 Å². The summed E-state index contributed by atoms with van der Waals surface area (Å²) in [7, 11) is 1.95. The Morgan fingerprint density at radius 3 is 2.56 bits per heavy atom. The third-order valence-electron chi connectivity index (χ3n) is 3.63. The summed E-state index contributed by atoms with van der Waals surface area (Å²) >= 11 is 0. The van der Waals surface area contributed by atoms with Crippen molar-refractivity contribution in [2.24, 2.45) is 0 Å². The van der Waals surface area contributed by atoms with E-state index in [1.807, 2.05) is 20.0 Å². The maximum atomic E-state index is 6.02. The molecule has 0 aliphatic heterocycles. The number of nitrogens with one attached hydrogen (secondary N) is 1. The van der Waals surface area contributed by atoms with Gasteiger partial charge in [0.1, 0.15) is 6.10 Å². The van der Waals surface area contributed by atoms with Gasteiger partial charge in [-0.2, -0.15) is 0 Å². The van der Waals surface area contributed by atoms with Crippen LogP contribution in [-0.2, 0) is 6.54 Å². The molecule has 3 nitrogen and oxygen atoms in total. The van der Waals surface area contributed by atoms with Crippen LogP contribution in [0.15, 0.2) is 12.1 Å². The minimum Gasteiger partial charge on any atom is -0.474 e. The number of ether oxygens (including phenoxy) is 1. The van der Waals surface area contributed by atoms with Crippen molar-refractivity contribution in [1.82, 2.24) is 10.3 Å². The van der Waals surface area contributed by atoms with Crippen molar-refractivity contribution in [3.05, 3.63) is 23.4 Å². The second-order valence-electron chi connectivity index (χ2n) is 5.16. The summed E-state index contributed by atoms with van der Waals surface area (Å²) in [4.78, 5) is 4.55. The molecule has 1 aromatic rings. The van der Waals surface area contributed by atoms with Crippen LogP contribution in [0, 0.1) is 6.92 Å². The summed E-state index contributed by atoms with van der Waals surface area (Å²) in [5, 5.41) is 3.15. The molecule has 1 heterocycles. The number of rotatable bonds is 4. The van der Waals surface area contributed by atoms with E-state index < -0.39 is 0 Å². The van der Waals surface area contributed by atoms with E-state index in [0.717, 1.165) is 18.1 Å². The maximum Gasteiger partial charge on any atom is 0.213 e. The van der Waals surface area contributed by atoms with Gasteiger partial charge < -0.3 is 10.1 Å². The molecule has 1 fully saturated rings. The Morgan fingerprint density at radius 1 is 1.22 bits per heavy atom. The Kier molecular flexibility index (Phi) is 5.00. The molecular weight excluding hydrogens is 224 g/mol. The molecule has 18 heavy (non-hydrogen) atoms. The maximum absolute atomic E-state index is 6.02. The van der Waals surface area contributed by atoms with Gasteiger partial charge in [0.2, 0.25) is 5.88 Å². The van der Waals surface area contributed by atoms with E-state index in [9.17, 15) is 0 Å². The highest BCUT2D eigenvalue weighted by Gasteiger charge is 2.14. The lowest BCUT2D eigenvalue weighted by molar-refractivity contribution is 0.176. The van der Waals surface area contributed by atoms with Crippen molar-refractivity contribution in [3.63, 3.8) is 0 Å². The van der Waals surface area contributed by atoms with Gasteiger partial charge in [-0.15, -0.1) is 0 Å². The molecule has 0 bridgehead atoms. The Hall–Kier alpha value is -1.09. The fraction of sp³-hybridized carbons (Fsp3) is 0.667. The molecule has 0 amide bonds. The van der Waals surface area contributed by atoms with E-state index in [1.54, 1.807) is 0 Å². The monoisotopic (exact) mass is 248 g/mol. The zero-order valence-electron chi connectivity index (χ0n) is 11.5. The topological polar surface area (TPSA) is 34.1 Å². The molecule has 0 saturated heterocycles. The van der Waals surface area contributed by atoms with E-state index in [1.165, 1.54) is 44.1 Å². The molecule has 1 aliphatic carbocycles. The molecule has 0 spiro atoms. The molecule has 100 valence electrons. The summed E-state index contributed by atoms with van der Waals surface area (Å²) < 4.78 is 6.02. The van der Waals surface area contributed by atoms with Gasteiger partial charge in [-0.25, -0.2) is 4.98 Å². The molecule has 1 aliphatic rings. The van der Waals surface area contributed by atoms with Crippen LogP contribution >= 0.6 is 0 Å². The average molecular weight is 248 g/mol. The molecule has 0 aromatic carbocycles. The molecule has 2 rings (SSSR count). The molecule has 1 saturated carbocycles. The van der Waals surface area contributed by atoms with Crippen LogP contribution < -0.4 is 10.1 Å². The molecule has 0 radical (unpaired) electrons. The first-order valence-electron chi connectivity index (χ1n) is 7.07. The molecule has 0 atom stereocenters. The van der Waals surface area contributed by atoms with Crippen LogP contribution in [0.4, 0.5) is 0 Å². The summed E-state index contributed by atoms with van der Waals surface area (Å²) in [5.74, 6) is 0.791. The Bertz CT molecular complexity index is 371. The Balaban J connectivity index is 1.98. The van der Waals surface area contributed by atoms with E-state index in [2.05, 4.69) is 16.4 Å². The van der Waals surface area contributed by atoms with Gasteiger partial charge in [-0.1, -0.05) is 18.9 Å². The minimum atomic E-state index is 0.370. The van der Waals surface area contributed by atoms with Gasteiger partial charge in [0.15, 0.2) is 0 Å². The largest absolute Gasteiger partial charge is 0.474 e. The molecule has 1 N–H and O–H groups in total. The number of aromatic nitrogens is 1. The SMILES string of the molecule is CNCc1ccc(OC2CCCCCC2)nc1C. The van der Waals surface area contributed by atoms with Crippen molar-refractivity contribution in [2.45, 2.75) is 58.1 Å². The molecule has 1 aromatic heterocycles. The zero-order valence-corrected chi connectivity index (χ0v) is 11.5. The van der Waals surface area contributed by atoms with Gasteiger partial charge in [0, 0.05) is 18.3 Å². The van der Waals surface area contributed by atoms with Gasteiger partial charge >= 0.3 is 0 Å². The number of hydrogen-bond donors (Lipinski definition) is 1. The standard InChI is InChI=1S/C15H24N2O/c1-12-13(11-16-2)9-10-15(17-12)18-14-7-5-3-4-6-8-14/h9-10,14,16H,3-8,11H2,1-2H3. The van der Waals surface area contributed by atoms with Crippen molar-refractivity contribution >= 4 is 0 Å². The van der Waals surface area contributed by atoms with Gasteiger partial charge in [0.25, 0.3) is 0 Å². The van der Waals surface area contributed by atoms with Crippen LogP contribution in [0.3, 0.4) is 0 Å². The lowest BCUT2D eigenvalue weighted by atomic mass is 10.1. The van der Waals surface area contributed by atoms with Gasteiger partial charge in [-0.05, 0) is 45.2 Å². The van der Waals surface area contributed by atoms with Crippen LogP contribution in [0.2, 0.25) is 0 Å². The first kappa shape index (κ1) is 13.3. The van der Waals surface area contributed by atoms with E-state index >= 15 is 0 Å². The summed E-state index contributed by atoms with van der Waals surface area (Å²) in [5.41, 5.74) is 2.31. The first-order valence-corrected chi connectivity index (χ1v) is 7.07. The fourth-order valence-electron chi connectivity index (χ4n) is 2.54. The predicted molar refractivity (Wildman–Crippen MR) is 73.9 cm³/mol.